The zero-order valence-corrected chi connectivity index (χ0v) is 16.8. The minimum Gasteiger partial charge on any atom is -0.496 e. The van der Waals surface area contributed by atoms with Gasteiger partial charge in [0.1, 0.15) is 17.4 Å². The molecule has 0 bridgehead atoms. The molecule has 1 aromatic carbocycles. The van der Waals surface area contributed by atoms with Gasteiger partial charge in [0, 0.05) is 22.9 Å². The van der Waals surface area contributed by atoms with Gasteiger partial charge in [0.05, 0.1) is 12.8 Å². The van der Waals surface area contributed by atoms with Crippen molar-refractivity contribution >= 4 is 18.0 Å². The van der Waals surface area contributed by atoms with E-state index in [0.29, 0.717) is 22.8 Å². The molecule has 6 nitrogen and oxygen atoms in total. The normalized spacial score (nSPS) is 11.8. The molecule has 3 N–H and O–H groups in total. The Morgan fingerprint density at radius 1 is 1.14 bits per heavy atom. The lowest BCUT2D eigenvalue weighted by molar-refractivity contribution is 0.397. The van der Waals surface area contributed by atoms with Crippen molar-refractivity contribution in [1.82, 2.24) is 15.2 Å². The molecule has 0 atom stereocenters. The van der Waals surface area contributed by atoms with Crippen molar-refractivity contribution in [3.05, 3.63) is 69.5 Å². The maximum Gasteiger partial charge on any atom is 0.256 e. The smallest absolute Gasteiger partial charge is 0.256 e. The molecule has 0 spiro atoms. The van der Waals surface area contributed by atoms with Gasteiger partial charge in [-0.3, -0.25) is 4.79 Å². The van der Waals surface area contributed by atoms with Crippen LogP contribution in [0.1, 0.15) is 37.6 Å². The Kier molecular flexibility index (Phi) is 5.50. The third kappa shape index (κ3) is 4.51. The summed E-state index contributed by atoms with van der Waals surface area (Å²) in [5.74, 6) is 0.498. The minimum atomic E-state index is -0.512. The number of methoxy groups -OCH3 is 1. The number of ether oxygens (including phenoxy) is 1. The standard InChI is InChI=1S/C22H23FN4O2/c1-22(2,3)18-10-14(17-11-15(23)12-25-21(17)28)9-13(20(18)29-4)5-6-16-7-8-19(24)27-26-16/h5-12H,1-4H3,(H2,24,27)(H,25,28)/b6-5+. The van der Waals surface area contributed by atoms with Gasteiger partial charge in [-0.2, -0.15) is 0 Å². The van der Waals surface area contributed by atoms with Gasteiger partial charge in [0.25, 0.3) is 5.56 Å². The zero-order chi connectivity index (χ0) is 21.2. The van der Waals surface area contributed by atoms with Gasteiger partial charge in [0.2, 0.25) is 0 Å². The Labute approximate surface area is 168 Å². The van der Waals surface area contributed by atoms with Crippen LogP contribution < -0.4 is 16.0 Å². The van der Waals surface area contributed by atoms with Crippen molar-refractivity contribution in [2.75, 3.05) is 12.8 Å². The maximum absolute atomic E-state index is 13.8. The summed E-state index contributed by atoms with van der Waals surface area (Å²) in [5.41, 5.74) is 8.03. The van der Waals surface area contributed by atoms with E-state index >= 15 is 0 Å². The number of anilines is 1. The van der Waals surface area contributed by atoms with Gasteiger partial charge in [-0.15, -0.1) is 10.2 Å². The van der Waals surface area contributed by atoms with Crippen molar-refractivity contribution < 1.29 is 9.13 Å². The second-order valence-electron chi connectivity index (χ2n) is 7.67. The molecule has 2 heterocycles. The highest BCUT2D eigenvalue weighted by Gasteiger charge is 2.23. The largest absolute Gasteiger partial charge is 0.496 e. The molecule has 150 valence electrons. The van der Waals surface area contributed by atoms with Crippen molar-refractivity contribution in [2.45, 2.75) is 26.2 Å². The van der Waals surface area contributed by atoms with Gasteiger partial charge < -0.3 is 15.5 Å². The lowest BCUT2D eigenvalue weighted by Gasteiger charge is -2.24. The number of benzene rings is 1. The molecule has 2 aromatic heterocycles. The van der Waals surface area contributed by atoms with E-state index in [1.54, 1.807) is 31.4 Å². The molecule has 3 aromatic rings. The van der Waals surface area contributed by atoms with Crippen LogP contribution in [0.4, 0.5) is 10.2 Å². The molecule has 0 unspecified atom stereocenters. The first-order valence-corrected chi connectivity index (χ1v) is 9.07. The Balaban J connectivity index is 2.21. The number of aromatic amines is 1. The number of H-pyrrole nitrogens is 1. The predicted molar refractivity (Wildman–Crippen MR) is 113 cm³/mol. The molecular weight excluding hydrogens is 371 g/mol. The van der Waals surface area contributed by atoms with E-state index in [9.17, 15) is 9.18 Å². The highest BCUT2D eigenvalue weighted by Crippen LogP contribution is 2.38. The number of aromatic nitrogens is 3. The molecular formula is C22H23FN4O2. The Morgan fingerprint density at radius 3 is 2.52 bits per heavy atom. The van der Waals surface area contributed by atoms with Crippen LogP contribution in [0, 0.1) is 5.82 Å². The summed E-state index contributed by atoms with van der Waals surface area (Å²) in [6.45, 7) is 6.14. The summed E-state index contributed by atoms with van der Waals surface area (Å²) >= 11 is 0. The number of nitrogens with zero attached hydrogens (tertiary/aromatic N) is 2. The molecule has 0 aliphatic heterocycles. The summed E-state index contributed by atoms with van der Waals surface area (Å²) < 4.78 is 19.5. The number of hydrogen-bond donors (Lipinski definition) is 2. The molecule has 0 saturated carbocycles. The zero-order valence-electron chi connectivity index (χ0n) is 16.8. The highest BCUT2D eigenvalue weighted by atomic mass is 19.1. The molecule has 29 heavy (non-hydrogen) atoms. The number of hydrogen-bond acceptors (Lipinski definition) is 5. The van der Waals surface area contributed by atoms with Gasteiger partial charge in [0.15, 0.2) is 0 Å². The fraction of sp³-hybridized carbons (Fsp3) is 0.227. The molecule has 0 amide bonds. The van der Waals surface area contributed by atoms with Crippen molar-refractivity contribution in [3.63, 3.8) is 0 Å². The Bertz CT molecular complexity index is 1110. The van der Waals surface area contributed by atoms with Crippen LogP contribution >= 0.6 is 0 Å². The number of nitrogen functional groups attached to an aromatic ring is 1. The third-order valence-corrected chi connectivity index (χ3v) is 4.45. The third-order valence-electron chi connectivity index (χ3n) is 4.45. The lowest BCUT2D eigenvalue weighted by atomic mass is 9.83. The van der Waals surface area contributed by atoms with Crippen molar-refractivity contribution in [1.29, 1.82) is 0 Å². The van der Waals surface area contributed by atoms with Crippen LogP contribution in [-0.4, -0.2) is 22.3 Å². The second kappa shape index (κ2) is 7.87. The van der Waals surface area contributed by atoms with Crippen LogP contribution in [0.25, 0.3) is 23.3 Å². The summed E-state index contributed by atoms with van der Waals surface area (Å²) in [7, 11) is 1.60. The van der Waals surface area contributed by atoms with E-state index in [0.717, 1.165) is 17.3 Å². The molecule has 0 aliphatic carbocycles. The predicted octanol–water partition coefficient (Wildman–Crippen LogP) is 4.03. The van der Waals surface area contributed by atoms with E-state index in [1.807, 2.05) is 32.9 Å². The van der Waals surface area contributed by atoms with Gasteiger partial charge in [-0.1, -0.05) is 20.8 Å². The van der Waals surface area contributed by atoms with Gasteiger partial charge in [-0.25, -0.2) is 4.39 Å². The molecule has 0 fully saturated rings. The first-order chi connectivity index (χ1) is 13.7. The monoisotopic (exact) mass is 394 g/mol. The Morgan fingerprint density at radius 2 is 1.90 bits per heavy atom. The summed E-state index contributed by atoms with van der Waals surface area (Å²) in [6, 6.07) is 8.29. The SMILES string of the molecule is COc1c(/C=C/c2ccc(N)nn2)cc(-c2cc(F)c[nH]c2=O)cc1C(C)(C)C. The number of nitrogens with one attached hydrogen (secondary N) is 1. The van der Waals surface area contributed by atoms with E-state index in [4.69, 9.17) is 10.5 Å². The molecule has 0 saturated heterocycles. The van der Waals surface area contributed by atoms with Crippen LogP contribution in [0.15, 0.2) is 41.3 Å². The van der Waals surface area contributed by atoms with E-state index < -0.39 is 5.82 Å². The number of halogens is 1. The maximum atomic E-state index is 13.8. The fourth-order valence-electron chi connectivity index (χ4n) is 3.00. The summed E-state index contributed by atoms with van der Waals surface area (Å²) in [6.07, 6.45) is 4.64. The van der Waals surface area contributed by atoms with Crippen molar-refractivity contribution in [2.24, 2.45) is 0 Å². The summed E-state index contributed by atoms with van der Waals surface area (Å²) in [4.78, 5) is 14.7. The summed E-state index contributed by atoms with van der Waals surface area (Å²) in [5, 5.41) is 7.85. The molecule has 3 rings (SSSR count). The van der Waals surface area contributed by atoms with Gasteiger partial charge >= 0.3 is 0 Å². The van der Waals surface area contributed by atoms with Crippen LogP contribution in [0.5, 0.6) is 5.75 Å². The van der Waals surface area contributed by atoms with E-state index in [-0.39, 0.29) is 16.5 Å². The average molecular weight is 394 g/mol. The number of pyridine rings is 1. The quantitative estimate of drug-likeness (QED) is 0.697. The first-order valence-electron chi connectivity index (χ1n) is 9.07. The number of rotatable bonds is 4. The highest BCUT2D eigenvalue weighted by molar-refractivity contribution is 5.78. The topological polar surface area (TPSA) is 93.9 Å². The minimum absolute atomic E-state index is 0.250. The lowest BCUT2D eigenvalue weighted by Crippen LogP contribution is -2.15. The number of nitrogens with two attached hydrogens (primary N) is 1. The van der Waals surface area contributed by atoms with E-state index in [2.05, 4.69) is 15.2 Å². The second-order valence-corrected chi connectivity index (χ2v) is 7.67. The Hall–Kier alpha value is -3.48. The van der Waals surface area contributed by atoms with Crippen molar-refractivity contribution in [3.8, 4) is 16.9 Å². The molecule has 0 aliphatic rings. The fourth-order valence-corrected chi connectivity index (χ4v) is 3.00. The van der Waals surface area contributed by atoms with Gasteiger partial charge in [-0.05, 0) is 53.5 Å². The van der Waals surface area contributed by atoms with Crippen LogP contribution in [0.3, 0.4) is 0 Å². The molecule has 7 heteroatoms. The first kappa shape index (κ1) is 20.3. The van der Waals surface area contributed by atoms with E-state index in [1.165, 1.54) is 6.07 Å². The van der Waals surface area contributed by atoms with Crippen LogP contribution in [-0.2, 0) is 5.41 Å². The van der Waals surface area contributed by atoms with Crippen LogP contribution in [0.2, 0.25) is 0 Å². The average Bonchev–Trinajstić information content (AvgIpc) is 2.68. The molecule has 0 radical (unpaired) electrons.